The molecule has 0 aromatic heterocycles. The number of carboxylic acid groups (broad SMARTS) is 1. The summed E-state index contributed by atoms with van der Waals surface area (Å²) >= 11 is 0. The van der Waals surface area contributed by atoms with Gasteiger partial charge in [0.2, 0.25) is 0 Å². The van der Waals surface area contributed by atoms with Gasteiger partial charge in [0.15, 0.2) is 6.23 Å². The molecule has 1 aliphatic rings. The molecule has 7 nitrogen and oxygen atoms in total. The normalized spacial score (nSPS) is 15.7. The van der Waals surface area contributed by atoms with Gasteiger partial charge in [-0.25, -0.2) is 0 Å². The predicted octanol–water partition coefficient (Wildman–Crippen LogP) is 5.14. The van der Waals surface area contributed by atoms with Gasteiger partial charge >= 0.3 is 5.97 Å². The quantitative estimate of drug-likeness (QED) is 0.322. The van der Waals surface area contributed by atoms with E-state index in [9.17, 15) is 17.8 Å². The molecule has 0 spiro atoms. The van der Waals surface area contributed by atoms with E-state index in [-0.39, 0.29) is 11.3 Å². The number of rotatable bonds is 9. The molecule has 0 saturated carbocycles. The lowest BCUT2D eigenvalue weighted by Gasteiger charge is -2.31. The first kappa shape index (κ1) is 23.9. The maximum absolute atomic E-state index is 11.4. The van der Waals surface area contributed by atoms with Crippen LogP contribution in [-0.2, 0) is 21.5 Å². The van der Waals surface area contributed by atoms with Crippen LogP contribution in [0.4, 0.5) is 0 Å². The summed E-state index contributed by atoms with van der Waals surface area (Å²) in [6, 6.07) is 22.0. The zero-order valence-electron chi connectivity index (χ0n) is 18.6. The van der Waals surface area contributed by atoms with E-state index >= 15 is 0 Å². The fraction of sp³-hybridized carbons (Fsp3) is 0.269. The number of hydrogen-bond acceptors (Lipinski definition) is 5. The number of unbranched alkanes of at least 4 members (excludes halogenated alkanes) is 2. The number of carbonyl (C=O) groups is 1. The van der Waals surface area contributed by atoms with Gasteiger partial charge in [-0.1, -0.05) is 55.0 Å². The first-order valence-electron chi connectivity index (χ1n) is 11.2. The van der Waals surface area contributed by atoms with Crippen LogP contribution in [0.3, 0.4) is 0 Å². The molecule has 4 rings (SSSR count). The van der Waals surface area contributed by atoms with Crippen LogP contribution in [0, 0.1) is 0 Å². The molecule has 0 fully saturated rings. The molecule has 0 amide bonds. The average molecular weight is 482 g/mol. The molecule has 0 saturated heterocycles. The Kier molecular flexibility index (Phi) is 7.31. The number of benzene rings is 3. The molecule has 1 aliphatic heterocycles. The highest BCUT2D eigenvalue weighted by Gasteiger charge is 2.29. The maximum atomic E-state index is 11.4. The Labute approximate surface area is 199 Å². The smallest absolute Gasteiger partial charge is 0.303 e. The van der Waals surface area contributed by atoms with E-state index in [2.05, 4.69) is 23.1 Å². The van der Waals surface area contributed by atoms with Crippen molar-refractivity contribution in [1.29, 1.82) is 0 Å². The number of carboxylic acids is 1. The summed E-state index contributed by atoms with van der Waals surface area (Å²) in [6.07, 6.45) is 1.96. The zero-order chi connectivity index (χ0) is 24.1. The highest BCUT2D eigenvalue weighted by atomic mass is 32.2. The monoisotopic (exact) mass is 481 g/mol. The van der Waals surface area contributed by atoms with Gasteiger partial charge in [0, 0.05) is 25.1 Å². The first-order valence-corrected chi connectivity index (χ1v) is 12.6. The van der Waals surface area contributed by atoms with Gasteiger partial charge in [0.1, 0.15) is 5.75 Å². The van der Waals surface area contributed by atoms with E-state index in [1.165, 1.54) is 29.8 Å². The van der Waals surface area contributed by atoms with Gasteiger partial charge in [-0.2, -0.15) is 8.42 Å². The van der Waals surface area contributed by atoms with Gasteiger partial charge < -0.3 is 9.84 Å². The van der Waals surface area contributed by atoms with Crippen LogP contribution in [0.15, 0.2) is 77.7 Å². The van der Waals surface area contributed by atoms with Crippen LogP contribution in [0.2, 0.25) is 0 Å². The Balaban J connectivity index is 1.65. The topological polar surface area (TPSA) is 104 Å². The summed E-state index contributed by atoms with van der Waals surface area (Å²) in [7, 11) is -4.29. The Bertz CT molecular complexity index is 1260. The van der Waals surface area contributed by atoms with E-state index in [4.69, 9.17) is 9.84 Å². The van der Waals surface area contributed by atoms with Crippen molar-refractivity contribution in [3.8, 4) is 16.9 Å². The van der Waals surface area contributed by atoms with Crippen LogP contribution in [0.1, 0.15) is 43.0 Å². The maximum Gasteiger partial charge on any atom is 0.303 e. The molecule has 8 heteroatoms. The lowest BCUT2D eigenvalue weighted by Crippen LogP contribution is -2.32. The number of hydrogen-bond donors (Lipinski definition) is 2. The largest absolute Gasteiger partial charge is 0.481 e. The van der Waals surface area contributed by atoms with Crippen molar-refractivity contribution < 1.29 is 27.6 Å². The standard InChI is InChI=1S/C26H27NO6S/c28-25(29)12-2-1-7-17-27-18-19-8-3-4-9-22(19)23-10-5-6-11-24(23)26(27)33-20-13-15-21(16-14-20)34(30,31)32/h3-6,8-11,13-16,26H,1-2,7,12,17-18H2,(H,28,29)(H,30,31,32). The van der Waals surface area contributed by atoms with Crippen molar-refractivity contribution in [3.63, 3.8) is 0 Å². The predicted molar refractivity (Wildman–Crippen MR) is 128 cm³/mol. The van der Waals surface area contributed by atoms with Gasteiger partial charge in [-0.3, -0.25) is 14.2 Å². The third-order valence-electron chi connectivity index (χ3n) is 5.94. The van der Waals surface area contributed by atoms with Crippen LogP contribution >= 0.6 is 0 Å². The minimum absolute atomic E-state index is 0.158. The summed E-state index contributed by atoms with van der Waals surface area (Å²) in [4.78, 5) is 12.9. The van der Waals surface area contributed by atoms with Crippen molar-refractivity contribution in [3.05, 3.63) is 83.9 Å². The molecule has 1 atom stereocenters. The second-order valence-electron chi connectivity index (χ2n) is 8.34. The molecule has 178 valence electrons. The zero-order valence-corrected chi connectivity index (χ0v) is 19.4. The van der Waals surface area contributed by atoms with E-state index in [1.807, 2.05) is 30.3 Å². The number of aliphatic carboxylic acids is 1. The van der Waals surface area contributed by atoms with Crippen LogP contribution in [0.5, 0.6) is 5.75 Å². The van der Waals surface area contributed by atoms with Crippen molar-refractivity contribution in [1.82, 2.24) is 4.90 Å². The molecule has 0 radical (unpaired) electrons. The van der Waals surface area contributed by atoms with E-state index in [0.29, 0.717) is 25.3 Å². The summed E-state index contributed by atoms with van der Waals surface area (Å²) in [6.45, 7) is 1.35. The molecular formula is C26H27NO6S. The van der Waals surface area contributed by atoms with Gasteiger partial charge in [0.25, 0.3) is 10.1 Å². The SMILES string of the molecule is O=C(O)CCCCCN1Cc2ccccc2-c2ccccc2C1Oc1ccc(S(=O)(=O)O)cc1. The highest BCUT2D eigenvalue weighted by Crippen LogP contribution is 2.39. The van der Waals surface area contributed by atoms with Gasteiger partial charge in [-0.15, -0.1) is 0 Å². The van der Waals surface area contributed by atoms with Crippen molar-refractivity contribution >= 4 is 16.1 Å². The third kappa shape index (κ3) is 5.64. The van der Waals surface area contributed by atoms with Crippen molar-refractivity contribution in [2.24, 2.45) is 0 Å². The van der Waals surface area contributed by atoms with E-state index < -0.39 is 22.3 Å². The Morgan fingerprint density at radius 2 is 1.59 bits per heavy atom. The summed E-state index contributed by atoms with van der Waals surface area (Å²) in [5, 5.41) is 8.91. The molecule has 2 N–H and O–H groups in total. The summed E-state index contributed by atoms with van der Waals surface area (Å²) < 4.78 is 38.5. The Morgan fingerprint density at radius 1 is 0.912 bits per heavy atom. The van der Waals surface area contributed by atoms with Crippen molar-refractivity contribution in [2.75, 3.05) is 6.54 Å². The second kappa shape index (κ2) is 10.4. The molecule has 34 heavy (non-hydrogen) atoms. The lowest BCUT2D eigenvalue weighted by molar-refractivity contribution is -0.137. The van der Waals surface area contributed by atoms with E-state index in [0.717, 1.165) is 29.5 Å². The summed E-state index contributed by atoms with van der Waals surface area (Å²) in [5.41, 5.74) is 4.39. The molecule has 0 bridgehead atoms. The molecule has 1 heterocycles. The minimum Gasteiger partial charge on any atom is -0.481 e. The second-order valence-corrected chi connectivity index (χ2v) is 9.76. The third-order valence-corrected chi connectivity index (χ3v) is 6.81. The summed E-state index contributed by atoms with van der Waals surface area (Å²) in [5.74, 6) is -0.304. The Hall–Kier alpha value is -3.20. The van der Waals surface area contributed by atoms with Crippen LogP contribution in [0.25, 0.3) is 11.1 Å². The Morgan fingerprint density at radius 3 is 2.29 bits per heavy atom. The molecule has 3 aromatic carbocycles. The van der Waals surface area contributed by atoms with Gasteiger partial charge in [-0.05, 0) is 53.8 Å². The van der Waals surface area contributed by atoms with Crippen LogP contribution in [-0.4, -0.2) is 35.5 Å². The van der Waals surface area contributed by atoms with Crippen molar-refractivity contribution in [2.45, 2.75) is 43.4 Å². The molecule has 3 aromatic rings. The lowest BCUT2D eigenvalue weighted by atomic mass is 9.96. The first-order chi connectivity index (χ1) is 16.3. The molecular weight excluding hydrogens is 454 g/mol. The fourth-order valence-corrected chi connectivity index (χ4v) is 4.78. The van der Waals surface area contributed by atoms with E-state index in [1.54, 1.807) is 0 Å². The minimum atomic E-state index is -4.29. The van der Waals surface area contributed by atoms with Crippen LogP contribution < -0.4 is 4.74 Å². The average Bonchev–Trinajstić information content (AvgIpc) is 2.94. The fourth-order valence-electron chi connectivity index (χ4n) is 4.30. The number of fused-ring (bicyclic) bond motifs is 3. The highest BCUT2D eigenvalue weighted by molar-refractivity contribution is 7.85. The molecule has 1 unspecified atom stereocenters. The number of ether oxygens (including phenoxy) is 1. The number of nitrogens with zero attached hydrogens (tertiary/aromatic N) is 1. The van der Waals surface area contributed by atoms with Gasteiger partial charge in [0.05, 0.1) is 4.90 Å². The molecule has 0 aliphatic carbocycles.